The molecule has 1 amide bonds. The minimum Gasteiger partial charge on any atom is -0.493 e. The first kappa shape index (κ1) is 26.7. The monoisotopic (exact) mass is 547 g/mol. The second-order valence-corrected chi connectivity index (χ2v) is 11.9. The third-order valence-electron chi connectivity index (χ3n) is 8.85. The summed E-state index contributed by atoms with van der Waals surface area (Å²) in [7, 11) is 0. The van der Waals surface area contributed by atoms with Crippen LogP contribution in [0.15, 0.2) is 47.2 Å². The fraction of sp³-hybridized carbons (Fsp3) is 0.548. The van der Waals surface area contributed by atoms with Crippen LogP contribution in [0.3, 0.4) is 0 Å². The quantitative estimate of drug-likeness (QED) is 0.344. The van der Waals surface area contributed by atoms with Gasteiger partial charge in [0.15, 0.2) is 5.82 Å². The molecule has 1 saturated carbocycles. The molecule has 0 bridgehead atoms. The maximum absolute atomic E-state index is 14.8. The lowest BCUT2D eigenvalue weighted by Crippen LogP contribution is -2.49. The Labute approximate surface area is 234 Å². The Hall–Kier alpha value is -3.49. The van der Waals surface area contributed by atoms with E-state index in [1.54, 1.807) is 23.2 Å². The first-order valence-electron chi connectivity index (χ1n) is 14.6. The van der Waals surface area contributed by atoms with Crippen molar-refractivity contribution in [3.8, 4) is 5.75 Å². The minimum atomic E-state index is -0.381. The van der Waals surface area contributed by atoms with Crippen LogP contribution in [0.2, 0.25) is 0 Å². The number of carbonyl (C=O) groups excluding carboxylic acids is 1. The molecular weight excluding hydrogens is 509 g/mol. The number of ether oxygens (including phenoxy) is 1. The number of likely N-dealkylation sites (tertiary alicyclic amines) is 1. The van der Waals surface area contributed by atoms with Gasteiger partial charge in [-0.3, -0.25) is 9.78 Å². The smallest absolute Gasteiger partial charge is 0.324 e. The van der Waals surface area contributed by atoms with E-state index in [1.165, 1.54) is 12.5 Å². The first-order valence-corrected chi connectivity index (χ1v) is 14.6. The highest BCUT2D eigenvalue weighted by atomic mass is 19.1. The molecule has 0 radical (unpaired) electrons. The molecule has 1 aliphatic carbocycles. The standard InChI is InChI=1S/C31H38FN5O3/c1-20(2)30-34-31(40-35-30)36-11-7-21(8-12-36)27-14-22(27)9-13-39-26-6-5-23(28(32)16-26)15-29(38)37-18-25(19-37)24-4-3-10-33-17-24/h3-6,10,16-17,20-22,25,27H,7-9,11-15,18-19H2,1-2H3/t22-,27-/m1/s1. The predicted octanol–water partition coefficient (Wildman–Crippen LogP) is 5.22. The van der Waals surface area contributed by atoms with E-state index in [1.807, 2.05) is 18.3 Å². The van der Waals surface area contributed by atoms with Crippen molar-refractivity contribution in [2.45, 2.75) is 57.8 Å². The van der Waals surface area contributed by atoms with Crippen LogP contribution in [0, 0.1) is 23.6 Å². The summed E-state index contributed by atoms with van der Waals surface area (Å²) < 4.78 is 26.1. The van der Waals surface area contributed by atoms with Crippen LogP contribution in [-0.2, 0) is 11.2 Å². The number of anilines is 1. The van der Waals surface area contributed by atoms with E-state index in [2.05, 4.69) is 33.9 Å². The molecule has 2 atom stereocenters. The zero-order chi connectivity index (χ0) is 27.6. The summed E-state index contributed by atoms with van der Waals surface area (Å²) in [6, 6.07) is 9.48. The molecule has 3 fully saturated rings. The van der Waals surface area contributed by atoms with E-state index in [-0.39, 0.29) is 24.1 Å². The Morgan fingerprint density at radius 2 is 2.02 bits per heavy atom. The molecule has 1 aromatic carbocycles. The number of nitrogens with zero attached hydrogens (tertiary/aromatic N) is 5. The highest BCUT2D eigenvalue weighted by Gasteiger charge is 2.43. The van der Waals surface area contributed by atoms with Crippen molar-refractivity contribution in [3.05, 3.63) is 65.5 Å². The lowest BCUT2D eigenvalue weighted by atomic mass is 9.90. The van der Waals surface area contributed by atoms with Crippen LogP contribution in [0.5, 0.6) is 5.75 Å². The second-order valence-electron chi connectivity index (χ2n) is 11.9. The summed E-state index contributed by atoms with van der Waals surface area (Å²) in [5.74, 6) is 3.62. The number of amides is 1. The van der Waals surface area contributed by atoms with Gasteiger partial charge in [-0.05, 0) is 66.7 Å². The van der Waals surface area contributed by atoms with Crippen molar-refractivity contribution in [2.75, 3.05) is 37.7 Å². The Morgan fingerprint density at radius 3 is 2.73 bits per heavy atom. The van der Waals surface area contributed by atoms with Gasteiger partial charge in [-0.25, -0.2) is 4.39 Å². The average molecular weight is 548 g/mol. The van der Waals surface area contributed by atoms with Gasteiger partial charge in [0.25, 0.3) is 0 Å². The normalized spacial score (nSPS) is 21.5. The molecule has 212 valence electrons. The van der Waals surface area contributed by atoms with Crippen molar-refractivity contribution in [1.82, 2.24) is 20.0 Å². The van der Waals surface area contributed by atoms with Crippen LogP contribution < -0.4 is 9.64 Å². The molecule has 3 aromatic rings. The molecule has 2 aromatic heterocycles. The predicted molar refractivity (Wildman–Crippen MR) is 149 cm³/mol. The molecule has 2 aliphatic heterocycles. The first-order chi connectivity index (χ1) is 19.4. The molecular formula is C31H38FN5O3. The van der Waals surface area contributed by atoms with Crippen molar-refractivity contribution in [1.29, 1.82) is 0 Å². The molecule has 8 nitrogen and oxygen atoms in total. The van der Waals surface area contributed by atoms with E-state index in [9.17, 15) is 9.18 Å². The zero-order valence-corrected chi connectivity index (χ0v) is 23.3. The van der Waals surface area contributed by atoms with Gasteiger partial charge in [0.1, 0.15) is 11.6 Å². The topological polar surface area (TPSA) is 84.6 Å². The summed E-state index contributed by atoms with van der Waals surface area (Å²) >= 11 is 0. The van der Waals surface area contributed by atoms with Crippen LogP contribution in [-0.4, -0.2) is 58.7 Å². The summed E-state index contributed by atoms with van der Waals surface area (Å²) in [4.78, 5) is 25.3. The maximum atomic E-state index is 14.8. The molecule has 9 heteroatoms. The van der Waals surface area contributed by atoms with Crippen LogP contribution >= 0.6 is 0 Å². The van der Waals surface area contributed by atoms with Gasteiger partial charge in [0.2, 0.25) is 5.91 Å². The van der Waals surface area contributed by atoms with Gasteiger partial charge in [-0.2, -0.15) is 4.98 Å². The molecule has 0 unspecified atom stereocenters. The van der Waals surface area contributed by atoms with E-state index in [4.69, 9.17) is 9.26 Å². The number of piperidine rings is 1. The highest BCUT2D eigenvalue weighted by Crippen LogP contribution is 2.50. The number of rotatable bonds is 10. The fourth-order valence-electron chi connectivity index (χ4n) is 6.16. The Balaban J connectivity index is 0.896. The van der Waals surface area contributed by atoms with Gasteiger partial charge in [-0.15, -0.1) is 0 Å². The number of aromatic nitrogens is 3. The summed E-state index contributed by atoms with van der Waals surface area (Å²) in [6.07, 6.45) is 8.19. The number of hydrogen-bond donors (Lipinski definition) is 0. The zero-order valence-electron chi connectivity index (χ0n) is 23.3. The number of pyridine rings is 1. The SMILES string of the molecule is CC(C)c1noc(N2CCC([C@H]3C[C@H]3CCOc3ccc(CC(=O)N4CC(c5cccnc5)C4)c(F)c3)CC2)n1. The molecule has 0 spiro atoms. The van der Waals surface area contributed by atoms with Crippen molar-refractivity contribution < 1.29 is 18.4 Å². The summed E-state index contributed by atoms with van der Waals surface area (Å²) in [5.41, 5.74) is 1.56. The molecule has 6 rings (SSSR count). The van der Waals surface area contributed by atoms with E-state index in [0.717, 1.165) is 55.6 Å². The third kappa shape index (κ3) is 5.98. The van der Waals surface area contributed by atoms with Gasteiger partial charge in [-0.1, -0.05) is 31.1 Å². The molecule has 3 aliphatic rings. The minimum absolute atomic E-state index is 0.0456. The number of hydrogen-bond acceptors (Lipinski definition) is 7. The lowest BCUT2D eigenvalue weighted by molar-refractivity contribution is -0.134. The van der Waals surface area contributed by atoms with Gasteiger partial charge in [0.05, 0.1) is 13.0 Å². The highest BCUT2D eigenvalue weighted by molar-refractivity contribution is 5.80. The largest absolute Gasteiger partial charge is 0.493 e. The Bertz CT molecular complexity index is 1300. The van der Waals surface area contributed by atoms with Gasteiger partial charge < -0.3 is 19.1 Å². The fourth-order valence-corrected chi connectivity index (χ4v) is 6.16. The Morgan fingerprint density at radius 1 is 1.20 bits per heavy atom. The molecule has 0 N–H and O–H groups in total. The average Bonchev–Trinajstić information content (AvgIpc) is 3.52. The number of carbonyl (C=O) groups is 1. The van der Waals surface area contributed by atoms with Gasteiger partial charge in [0, 0.05) is 56.5 Å². The molecule has 40 heavy (non-hydrogen) atoms. The number of halogens is 1. The number of benzene rings is 1. The van der Waals surface area contributed by atoms with E-state index >= 15 is 0 Å². The van der Waals surface area contributed by atoms with E-state index < -0.39 is 0 Å². The van der Waals surface area contributed by atoms with E-state index in [0.29, 0.717) is 48.9 Å². The maximum Gasteiger partial charge on any atom is 0.324 e. The van der Waals surface area contributed by atoms with Crippen LogP contribution in [0.4, 0.5) is 10.4 Å². The Kier molecular flexibility index (Phi) is 7.71. The summed E-state index contributed by atoms with van der Waals surface area (Å²) in [5, 5.41) is 4.09. The second kappa shape index (κ2) is 11.6. The molecule has 4 heterocycles. The third-order valence-corrected chi connectivity index (χ3v) is 8.85. The van der Waals surface area contributed by atoms with Crippen molar-refractivity contribution in [2.24, 2.45) is 17.8 Å². The van der Waals surface area contributed by atoms with Crippen molar-refractivity contribution >= 4 is 11.9 Å². The lowest BCUT2D eigenvalue weighted by Gasteiger charge is -2.39. The van der Waals surface area contributed by atoms with Crippen LogP contribution in [0.25, 0.3) is 0 Å². The van der Waals surface area contributed by atoms with Gasteiger partial charge >= 0.3 is 6.01 Å². The van der Waals surface area contributed by atoms with Crippen LogP contribution in [0.1, 0.15) is 68.3 Å². The summed E-state index contributed by atoms with van der Waals surface area (Å²) in [6.45, 7) is 7.96. The van der Waals surface area contributed by atoms with Crippen molar-refractivity contribution in [3.63, 3.8) is 0 Å². The molecule has 2 saturated heterocycles.